The van der Waals surface area contributed by atoms with Crippen molar-refractivity contribution in [1.82, 2.24) is 14.8 Å². The summed E-state index contributed by atoms with van der Waals surface area (Å²) in [6.45, 7) is 4.49. The Morgan fingerprint density at radius 1 is 1.53 bits per heavy atom. The van der Waals surface area contributed by atoms with Crippen LogP contribution in [-0.2, 0) is 0 Å². The van der Waals surface area contributed by atoms with E-state index in [1.54, 1.807) is 12.1 Å². The molecule has 1 aliphatic rings. The molecule has 3 N–H and O–H groups in total. The van der Waals surface area contributed by atoms with Gasteiger partial charge in [0.15, 0.2) is 0 Å². The van der Waals surface area contributed by atoms with Gasteiger partial charge in [-0.15, -0.1) is 0 Å². The zero-order chi connectivity index (χ0) is 14.0. The molecule has 2 rings (SSSR count). The number of aromatic nitrogens is 1. The van der Waals surface area contributed by atoms with Gasteiger partial charge in [-0.1, -0.05) is 11.6 Å². The average Bonchev–Trinajstić information content (AvgIpc) is 2.37. The molecule has 1 unspecified atom stereocenters. The van der Waals surface area contributed by atoms with Crippen LogP contribution in [0.1, 0.15) is 17.3 Å². The Bertz CT molecular complexity index is 481. The van der Waals surface area contributed by atoms with Crippen LogP contribution in [0, 0.1) is 0 Å². The molecular weight excluding hydrogens is 266 g/mol. The summed E-state index contributed by atoms with van der Waals surface area (Å²) in [6, 6.07) is 3.35. The molecule has 2 heterocycles. The lowest BCUT2D eigenvalue weighted by atomic mass is 10.1. The van der Waals surface area contributed by atoms with Crippen LogP contribution in [0.4, 0.5) is 5.82 Å². The SMILES string of the molecule is CC1CN(C)CCN1C(=O)c1cc(Cl)nc(NN)c1. The maximum Gasteiger partial charge on any atom is 0.254 e. The van der Waals surface area contributed by atoms with E-state index in [1.807, 2.05) is 11.8 Å². The average molecular weight is 284 g/mol. The first-order chi connectivity index (χ1) is 9.01. The molecule has 1 amide bonds. The van der Waals surface area contributed by atoms with Crippen molar-refractivity contribution in [1.29, 1.82) is 0 Å². The van der Waals surface area contributed by atoms with Crippen LogP contribution in [0.25, 0.3) is 0 Å². The predicted molar refractivity (Wildman–Crippen MR) is 75.1 cm³/mol. The summed E-state index contributed by atoms with van der Waals surface area (Å²) in [5.74, 6) is 5.66. The first-order valence-corrected chi connectivity index (χ1v) is 6.52. The highest BCUT2D eigenvalue weighted by molar-refractivity contribution is 6.29. The minimum atomic E-state index is -0.0404. The lowest BCUT2D eigenvalue weighted by Gasteiger charge is -2.38. The van der Waals surface area contributed by atoms with Crippen LogP contribution in [0.5, 0.6) is 0 Å². The minimum Gasteiger partial charge on any atom is -0.333 e. The van der Waals surface area contributed by atoms with E-state index in [1.165, 1.54) is 0 Å². The third-order valence-electron chi connectivity index (χ3n) is 3.28. The fourth-order valence-corrected chi connectivity index (χ4v) is 2.51. The number of carbonyl (C=O) groups excluding carboxylic acids is 1. The lowest BCUT2D eigenvalue weighted by molar-refractivity contribution is 0.0533. The van der Waals surface area contributed by atoms with E-state index in [0.717, 1.165) is 13.1 Å². The molecule has 0 aromatic carbocycles. The number of nitrogens with two attached hydrogens (primary N) is 1. The number of amides is 1. The van der Waals surface area contributed by atoms with Crippen LogP contribution in [0.3, 0.4) is 0 Å². The van der Waals surface area contributed by atoms with Crippen molar-refractivity contribution in [3.05, 3.63) is 22.8 Å². The summed E-state index contributed by atoms with van der Waals surface area (Å²) in [6.07, 6.45) is 0. The molecule has 1 fully saturated rings. The van der Waals surface area contributed by atoms with Crippen molar-refractivity contribution in [3.8, 4) is 0 Å². The maximum atomic E-state index is 12.5. The second kappa shape index (κ2) is 5.73. The predicted octanol–water partition coefficient (Wildman–Crippen LogP) is 0.797. The van der Waals surface area contributed by atoms with E-state index in [9.17, 15) is 4.79 Å². The Morgan fingerprint density at radius 3 is 2.89 bits per heavy atom. The third-order valence-corrected chi connectivity index (χ3v) is 3.47. The molecule has 0 saturated carbocycles. The van der Waals surface area contributed by atoms with Crippen molar-refractivity contribution in [3.63, 3.8) is 0 Å². The first kappa shape index (κ1) is 14.0. The van der Waals surface area contributed by atoms with Crippen molar-refractivity contribution in [2.75, 3.05) is 32.1 Å². The van der Waals surface area contributed by atoms with Gasteiger partial charge in [-0.3, -0.25) is 4.79 Å². The van der Waals surface area contributed by atoms with Crippen molar-refractivity contribution in [2.24, 2.45) is 5.84 Å². The van der Waals surface area contributed by atoms with Crippen molar-refractivity contribution in [2.45, 2.75) is 13.0 Å². The second-order valence-electron chi connectivity index (χ2n) is 4.82. The number of piperazine rings is 1. The van der Waals surface area contributed by atoms with Crippen molar-refractivity contribution < 1.29 is 4.79 Å². The van der Waals surface area contributed by atoms with Gasteiger partial charge >= 0.3 is 0 Å². The third kappa shape index (κ3) is 3.15. The quantitative estimate of drug-likeness (QED) is 0.477. The number of likely N-dealkylation sites (N-methyl/N-ethyl adjacent to an activating group) is 1. The number of pyridine rings is 1. The molecule has 7 heteroatoms. The highest BCUT2D eigenvalue weighted by atomic mass is 35.5. The smallest absolute Gasteiger partial charge is 0.254 e. The molecular formula is C12H18ClN5O. The number of carbonyl (C=O) groups is 1. The Kier molecular flexibility index (Phi) is 4.24. The van der Waals surface area contributed by atoms with Gasteiger partial charge in [-0.2, -0.15) is 0 Å². The van der Waals surface area contributed by atoms with Gasteiger partial charge in [0.1, 0.15) is 11.0 Å². The molecule has 0 aliphatic carbocycles. The second-order valence-corrected chi connectivity index (χ2v) is 5.21. The molecule has 1 saturated heterocycles. The van der Waals surface area contributed by atoms with E-state index in [-0.39, 0.29) is 17.1 Å². The van der Waals surface area contributed by atoms with E-state index in [0.29, 0.717) is 17.9 Å². The van der Waals surface area contributed by atoms with Crippen LogP contribution in [0.15, 0.2) is 12.1 Å². The summed E-state index contributed by atoms with van der Waals surface area (Å²) >= 11 is 5.89. The van der Waals surface area contributed by atoms with E-state index in [4.69, 9.17) is 17.4 Å². The van der Waals surface area contributed by atoms with Gasteiger partial charge in [0.2, 0.25) is 0 Å². The molecule has 6 nitrogen and oxygen atoms in total. The number of nitrogens with one attached hydrogen (secondary N) is 1. The van der Waals surface area contributed by atoms with E-state index >= 15 is 0 Å². The van der Waals surface area contributed by atoms with Crippen LogP contribution in [0.2, 0.25) is 5.15 Å². The van der Waals surface area contributed by atoms with Crippen LogP contribution < -0.4 is 11.3 Å². The van der Waals surface area contributed by atoms with Crippen molar-refractivity contribution >= 4 is 23.3 Å². The van der Waals surface area contributed by atoms with Gasteiger partial charge < -0.3 is 15.2 Å². The maximum absolute atomic E-state index is 12.5. The molecule has 0 bridgehead atoms. The Morgan fingerprint density at radius 2 is 2.26 bits per heavy atom. The number of hydrazine groups is 1. The molecule has 1 aliphatic heterocycles. The molecule has 19 heavy (non-hydrogen) atoms. The summed E-state index contributed by atoms with van der Waals surface area (Å²) in [7, 11) is 2.05. The molecule has 1 aromatic heterocycles. The van der Waals surface area contributed by atoms with Crippen LogP contribution in [-0.4, -0.2) is 53.4 Å². The zero-order valence-electron chi connectivity index (χ0n) is 11.1. The summed E-state index contributed by atoms with van der Waals surface area (Å²) in [4.78, 5) is 20.5. The van der Waals surface area contributed by atoms with Gasteiger partial charge in [0.25, 0.3) is 5.91 Å². The largest absolute Gasteiger partial charge is 0.333 e. The Labute approximate surface area is 117 Å². The number of hydrogen-bond donors (Lipinski definition) is 2. The van der Waals surface area contributed by atoms with Gasteiger partial charge in [0.05, 0.1) is 0 Å². The highest BCUT2D eigenvalue weighted by Gasteiger charge is 2.26. The molecule has 0 spiro atoms. The number of hydrogen-bond acceptors (Lipinski definition) is 5. The lowest BCUT2D eigenvalue weighted by Crippen LogP contribution is -2.52. The fraction of sp³-hybridized carbons (Fsp3) is 0.500. The van der Waals surface area contributed by atoms with Gasteiger partial charge in [0, 0.05) is 31.2 Å². The number of anilines is 1. The standard InChI is InChI=1S/C12H18ClN5O/c1-8-7-17(2)3-4-18(8)12(19)9-5-10(13)15-11(6-9)16-14/h5-6,8H,3-4,7,14H2,1-2H3,(H,15,16). The summed E-state index contributed by atoms with van der Waals surface area (Å²) in [5.41, 5.74) is 2.91. The van der Waals surface area contributed by atoms with Crippen LogP contribution >= 0.6 is 11.6 Å². The number of nitrogen functional groups attached to an aromatic ring is 1. The highest BCUT2D eigenvalue weighted by Crippen LogP contribution is 2.18. The fourth-order valence-electron chi connectivity index (χ4n) is 2.30. The summed E-state index contributed by atoms with van der Waals surface area (Å²) in [5, 5.41) is 0.251. The number of halogens is 1. The number of rotatable bonds is 2. The Hall–Kier alpha value is -1.37. The minimum absolute atomic E-state index is 0.0404. The van der Waals surface area contributed by atoms with Gasteiger partial charge in [-0.05, 0) is 26.1 Å². The zero-order valence-corrected chi connectivity index (χ0v) is 11.8. The topological polar surface area (TPSA) is 74.5 Å². The van der Waals surface area contributed by atoms with E-state index in [2.05, 4.69) is 22.4 Å². The normalized spacial score (nSPS) is 20.4. The molecule has 1 aromatic rings. The van der Waals surface area contributed by atoms with E-state index < -0.39 is 0 Å². The Balaban J connectivity index is 2.21. The monoisotopic (exact) mass is 283 g/mol. The molecule has 0 radical (unpaired) electrons. The summed E-state index contributed by atoms with van der Waals surface area (Å²) < 4.78 is 0. The molecule has 1 atom stereocenters. The number of nitrogens with zero attached hydrogens (tertiary/aromatic N) is 3. The first-order valence-electron chi connectivity index (χ1n) is 6.15. The van der Waals surface area contributed by atoms with Gasteiger partial charge in [-0.25, -0.2) is 10.8 Å². The molecule has 104 valence electrons.